The highest BCUT2D eigenvalue weighted by Crippen LogP contribution is 2.29. The predicted octanol–water partition coefficient (Wildman–Crippen LogP) is 0.949. The zero-order valence-corrected chi connectivity index (χ0v) is 17.2. The van der Waals surface area contributed by atoms with Crippen LogP contribution >= 0.6 is 0 Å². The normalized spacial score (nSPS) is 22.7. The topological polar surface area (TPSA) is 20.2 Å². The number of quaternary nitrogens is 1. The third-order valence-electron chi connectivity index (χ3n) is 5.70. The number of hydrogen-bond acceptors (Lipinski definition) is 1. The van der Waals surface area contributed by atoms with Crippen molar-refractivity contribution >= 4 is 0 Å². The first-order chi connectivity index (χ1) is 12.0. The summed E-state index contributed by atoms with van der Waals surface area (Å²) in [5.41, 5.74) is 0.381. The van der Waals surface area contributed by atoms with E-state index in [1.165, 1.54) is 25.8 Å². The fourth-order valence-corrected chi connectivity index (χ4v) is 3.70. The van der Waals surface area contributed by atoms with Gasteiger partial charge in [0, 0.05) is 11.1 Å². The molecule has 1 N–H and O–H groups in total. The number of aliphatic hydroxyl groups is 1. The Morgan fingerprint density at radius 2 is 1.54 bits per heavy atom. The quantitative estimate of drug-likeness (QED) is 0.586. The van der Waals surface area contributed by atoms with Crippen LogP contribution in [0.5, 0.6) is 0 Å². The van der Waals surface area contributed by atoms with Crippen LogP contribution in [0.2, 0.25) is 0 Å². The minimum absolute atomic E-state index is 0. The summed E-state index contributed by atoms with van der Waals surface area (Å²) in [7, 11) is 2.29. The van der Waals surface area contributed by atoms with E-state index in [1.807, 2.05) is 60.7 Å². The van der Waals surface area contributed by atoms with E-state index in [9.17, 15) is 5.11 Å². The lowest BCUT2D eigenvalue weighted by atomic mass is 9.87. The van der Waals surface area contributed by atoms with Crippen LogP contribution in [-0.2, 0) is 5.60 Å². The van der Waals surface area contributed by atoms with E-state index in [0.717, 1.165) is 22.2 Å². The van der Waals surface area contributed by atoms with E-state index < -0.39 is 5.60 Å². The van der Waals surface area contributed by atoms with Gasteiger partial charge >= 0.3 is 0 Å². The van der Waals surface area contributed by atoms with Crippen molar-refractivity contribution in [3.8, 4) is 11.8 Å². The second-order valence-corrected chi connectivity index (χ2v) is 7.45. The fraction of sp³-hybridized carbons (Fsp3) is 0.391. The molecule has 2 aromatic rings. The Bertz CT molecular complexity index is 711. The summed E-state index contributed by atoms with van der Waals surface area (Å²) in [6.07, 6.45) is 3.85. The van der Waals surface area contributed by atoms with E-state index in [0.29, 0.717) is 6.04 Å². The van der Waals surface area contributed by atoms with Gasteiger partial charge < -0.3 is 26.6 Å². The Labute approximate surface area is 168 Å². The van der Waals surface area contributed by atoms with Crippen LogP contribution in [0.25, 0.3) is 0 Å². The van der Waals surface area contributed by atoms with Gasteiger partial charge in [-0.1, -0.05) is 66.6 Å². The summed E-state index contributed by atoms with van der Waals surface area (Å²) in [5, 5.41) is 11.5. The Morgan fingerprint density at radius 1 is 1.00 bits per heavy atom. The number of rotatable bonds is 3. The zero-order chi connectivity index (χ0) is 17.8. The molecule has 1 saturated heterocycles. The average molecular weight is 414 g/mol. The summed E-state index contributed by atoms with van der Waals surface area (Å²) < 4.78 is 0.979. The lowest BCUT2D eigenvalue weighted by Gasteiger charge is -2.42. The summed E-state index contributed by atoms with van der Waals surface area (Å²) in [4.78, 5) is 0. The third-order valence-corrected chi connectivity index (χ3v) is 5.70. The molecule has 0 aromatic heterocycles. The van der Waals surface area contributed by atoms with Crippen LogP contribution in [0.4, 0.5) is 0 Å². The molecule has 26 heavy (non-hydrogen) atoms. The highest BCUT2D eigenvalue weighted by atomic mass is 79.9. The molecular formula is C23H28BrNO. The summed E-state index contributed by atoms with van der Waals surface area (Å²) >= 11 is 0. The second kappa shape index (κ2) is 8.86. The van der Waals surface area contributed by atoms with Gasteiger partial charge in [0.05, 0.1) is 19.6 Å². The first-order valence-corrected chi connectivity index (χ1v) is 9.22. The monoisotopic (exact) mass is 413 g/mol. The SMILES string of the molecule is CC1CCCC[N+]1(C)CC#CC(O)(c1ccccc1)c1ccccc1.[Br-]. The van der Waals surface area contributed by atoms with E-state index in [1.54, 1.807) is 0 Å². The van der Waals surface area contributed by atoms with Crippen LogP contribution in [0, 0.1) is 11.8 Å². The molecule has 1 heterocycles. The van der Waals surface area contributed by atoms with E-state index in [4.69, 9.17) is 0 Å². The van der Waals surface area contributed by atoms with Gasteiger partial charge in [-0.3, -0.25) is 0 Å². The second-order valence-electron chi connectivity index (χ2n) is 7.45. The molecule has 2 atom stereocenters. The van der Waals surface area contributed by atoms with Crippen molar-refractivity contribution in [2.75, 3.05) is 20.1 Å². The lowest BCUT2D eigenvalue weighted by Crippen LogP contribution is -3.00. The number of hydrogen-bond donors (Lipinski definition) is 1. The Morgan fingerprint density at radius 3 is 2.04 bits per heavy atom. The Balaban J connectivity index is 0.00000243. The van der Waals surface area contributed by atoms with Crippen LogP contribution in [0.1, 0.15) is 37.3 Å². The van der Waals surface area contributed by atoms with E-state index in [-0.39, 0.29) is 17.0 Å². The Hall–Kier alpha value is -1.60. The van der Waals surface area contributed by atoms with Crippen LogP contribution in [0.3, 0.4) is 0 Å². The van der Waals surface area contributed by atoms with Gasteiger partial charge in [-0.25, -0.2) is 0 Å². The van der Waals surface area contributed by atoms with E-state index >= 15 is 0 Å². The molecule has 3 rings (SSSR count). The third kappa shape index (κ3) is 4.38. The average Bonchev–Trinajstić information content (AvgIpc) is 2.65. The van der Waals surface area contributed by atoms with Crippen molar-refractivity contribution in [2.45, 2.75) is 37.8 Å². The number of halogens is 1. The number of nitrogens with zero attached hydrogens (tertiary/aromatic N) is 1. The van der Waals surface area contributed by atoms with Crippen molar-refractivity contribution in [2.24, 2.45) is 0 Å². The van der Waals surface area contributed by atoms with Crippen LogP contribution in [0.15, 0.2) is 60.7 Å². The minimum Gasteiger partial charge on any atom is -1.00 e. The van der Waals surface area contributed by atoms with Gasteiger partial charge in [-0.15, -0.1) is 0 Å². The van der Waals surface area contributed by atoms with Crippen molar-refractivity contribution < 1.29 is 26.6 Å². The lowest BCUT2D eigenvalue weighted by molar-refractivity contribution is -0.929. The molecule has 1 fully saturated rings. The molecular weight excluding hydrogens is 386 g/mol. The first-order valence-electron chi connectivity index (χ1n) is 9.22. The number of likely N-dealkylation sites (tertiary alicyclic amines) is 1. The van der Waals surface area contributed by atoms with Crippen molar-refractivity contribution in [1.29, 1.82) is 0 Å². The van der Waals surface area contributed by atoms with Crippen LogP contribution in [-0.4, -0.2) is 35.8 Å². The van der Waals surface area contributed by atoms with Gasteiger partial charge in [0.15, 0.2) is 5.60 Å². The molecule has 1 aliphatic rings. The maximum Gasteiger partial charge on any atom is 0.177 e. The van der Waals surface area contributed by atoms with Gasteiger partial charge in [-0.2, -0.15) is 0 Å². The number of benzene rings is 2. The highest BCUT2D eigenvalue weighted by Gasteiger charge is 2.32. The highest BCUT2D eigenvalue weighted by molar-refractivity contribution is 5.44. The molecule has 2 nitrogen and oxygen atoms in total. The molecule has 2 unspecified atom stereocenters. The first kappa shape index (κ1) is 20.7. The molecule has 0 bridgehead atoms. The molecule has 1 aliphatic heterocycles. The van der Waals surface area contributed by atoms with Crippen LogP contribution < -0.4 is 17.0 Å². The van der Waals surface area contributed by atoms with E-state index in [2.05, 4.69) is 25.8 Å². The van der Waals surface area contributed by atoms with Gasteiger partial charge in [0.2, 0.25) is 0 Å². The van der Waals surface area contributed by atoms with Gasteiger partial charge in [0.25, 0.3) is 0 Å². The number of piperidine rings is 1. The van der Waals surface area contributed by atoms with Gasteiger partial charge in [0.1, 0.15) is 6.54 Å². The molecule has 0 radical (unpaired) electrons. The predicted molar refractivity (Wildman–Crippen MR) is 103 cm³/mol. The maximum absolute atomic E-state index is 11.5. The Kier molecular flexibility index (Phi) is 7.06. The molecule has 3 heteroatoms. The fourth-order valence-electron chi connectivity index (χ4n) is 3.70. The summed E-state index contributed by atoms with van der Waals surface area (Å²) in [6, 6.07) is 20.1. The largest absolute Gasteiger partial charge is 1.00 e. The molecule has 0 amide bonds. The van der Waals surface area contributed by atoms with Crippen molar-refractivity contribution in [1.82, 2.24) is 0 Å². The zero-order valence-electron chi connectivity index (χ0n) is 15.7. The molecule has 2 aromatic carbocycles. The van der Waals surface area contributed by atoms with Gasteiger partial charge in [-0.05, 0) is 32.1 Å². The molecule has 0 aliphatic carbocycles. The maximum atomic E-state index is 11.5. The summed E-state index contributed by atoms with van der Waals surface area (Å²) in [6.45, 7) is 4.27. The summed E-state index contributed by atoms with van der Waals surface area (Å²) in [5.74, 6) is 6.55. The standard InChI is InChI=1S/C23H28NO.BrH/c1-20-12-9-10-18-24(20,2)19-11-17-23(25,21-13-5-3-6-14-21)22-15-7-4-8-16-22;/h3-8,13-16,20,25H,9-10,12,18-19H2,1-2H3;1H/q+1;/p-1. The molecule has 138 valence electrons. The smallest absolute Gasteiger partial charge is 0.177 e. The van der Waals surface area contributed by atoms with Crippen molar-refractivity contribution in [3.63, 3.8) is 0 Å². The minimum atomic E-state index is -1.26. The molecule has 0 saturated carbocycles. The van der Waals surface area contributed by atoms with Crippen molar-refractivity contribution in [3.05, 3.63) is 71.8 Å². The molecule has 0 spiro atoms.